The third-order valence-corrected chi connectivity index (χ3v) is 4.43. The number of carbonyl (C=O) groups is 1. The average molecular weight is 418 g/mol. The van der Waals surface area contributed by atoms with E-state index in [0.29, 0.717) is 48.0 Å². The molecule has 0 aliphatic rings. The van der Waals surface area contributed by atoms with E-state index in [-0.39, 0.29) is 12.1 Å². The Balaban J connectivity index is 1.66. The maximum Gasteiger partial charge on any atom is 0.278 e. The number of nitrogens with zero attached hydrogens (tertiary/aromatic N) is 3. The number of alkyl halides is 2. The number of methoxy groups -OCH3 is 1. The Hall–Kier alpha value is -3.23. The van der Waals surface area contributed by atoms with Crippen molar-refractivity contribution in [2.24, 2.45) is 0 Å². The van der Waals surface area contributed by atoms with Crippen LogP contribution in [0.5, 0.6) is 5.75 Å². The molecule has 9 heteroatoms. The lowest BCUT2D eigenvalue weighted by atomic mass is 10.1. The summed E-state index contributed by atoms with van der Waals surface area (Å²) in [6.07, 6.45) is 3.97. The number of hydrogen-bond donors (Lipinski definition) is 1. The van der Waals surface area contributed by atoms with Crippen LogP contribution in [0, 0.1) is 6.92 Å². The van der Waals surface area contributed by atoms with Crippen molar-refractivity contribution in [3.8, 4) is 17.1 Å². The summed E-state index contributed by atoms with van der Waals surface area (Å²) in [6.45, 7) is 3.07. The van der Waals surface area contributed by atoms with Crippen LogP contribution in [0.2, 0.25) is 0 Å². The van der Waals surface area contributed by atoms with Crippen LogP contribution in [-0.2, 0) is 6.54 Å². The number of carbonyl (C=O) groups excluding carboxylic acids is 1. The zero-order valence-electron chi connectivity index (χ0n) is 17.1. The number of halogens is 2. The zero-order valence-corrected chi connectivity index (χ0v) is 17.1. The van der Waals surface area contributed by atoms with Gasteiger partial charge >= 0.3 is 0 Å². The van der Waals surface area contributed by atoms with Crippen molar-refractivity contribution in [1.29, 1.82) is 0 Å². The summed E-state index contributed by atoms with van der Waals surface area (Å²) in [6, 6.07) is 7.15. The minimum Gasteiger partial charge on any atom is -0.497 e. The van der Waals surface area contributed by atoms with E-state index in [9.17, 15) is 13.6 Å². The Labute approximate surface area is 173 Å². The van der Waals surface area contributed by atoms with Crippen LogP contribution in [0.15, 0.2) is 41.1 Å². The van der Waals surface area contributed by atoms with Gasteiger partial charge in [0.2, 0.25) is 5.92 Å². The van der Waals surface area contributed by atoms with Crippen molar-refractivity contribution in [3.05, 3.63) is 48.2 Å². The molecule has 0 aliphatic carbocycles. The summed E-state index contributed by atoms with van der Waals surface area (Å²) in [5.41, 5.74) is 1.31. The predicted molar refractivity (Wildman–Crippen MR) is 108 cm³/mol. The molecule has 0 bridgehead atoms. The Morgan fingerprint density at radius 1 is 1.33 bits per heavy atom. The SMILES string of the molecule is COc1cccc(-c2oc(C)nc2C(=O)Nc2cnn(CCCCC(C)(F)F)c2)c1. The molecule has 2 aromatic heterocycles. The zero-order chi connectivity index (χ0) is 21.7. The summed E-state index contributed by atoms with van der Waals surface area (Å²) in [4.78, 5) is 17.0. The van der Waals surface area contributed by atoms with Gasteiger partial charge < -0.3 is 14.5 Å². The Bertz CT molecular complexity index is 1010. The first-order valence-electron chi connectivity index (χ1n) is 9.58. The van der Waals surface area contributed by atoms with Gasteiger partial charge in [-0.1, -0.05) is 12.1 Å². The minimum atomic E-state index is -2.65. The minimum absolute atomic E-state index is 0.152. The number of anilines is 1. The number of rotatable bonds is 9. The normalized spacial score (nSPS) is 11.5. The molecule has 3 rings (SSSR count). The molecular weight excluding hydrogens is 394 g/mol. The van der Waals surface area contributed by atoms with Gasteiger partial charge in [0.1, 0.15) is 5.75 Å². The highest BCUT2D eigenvalue weighted by Gasteiger charge is 2.22. The molecule has 1 amide bonds. The number of oxazole rings is 1. The number of aryl methyl sites for hydroxylation is 2. The first-order valence-corrected chi connectivity index (χ1v) is 9.58. The molecular formula is C21H24F2N4O3. The largest absolute Gasteiger partial charge is 0.497 e. The highest BCUT2D eigenvalue weighted by Crippen LogP contribution is 2.28. The van der Waals surface area contributed by atoms with E-state index in [0.717, 1.165) is 6.92 Å². The van der Waals surface area contributed by atoms with Crippen LogP contribution in [0.25, 0.3) is 11.3 Å². The lowest BCUT2D eigenvalue weighted by Crippen LogP contribution is -2.13. The second kappa shape index (κ2) is 9.06. The molecule has 3 aromatic rings. The van der Waals surface area contributed by atoms with Crippen molar-refractivity contribution < 1.29 is 22.7 Å². The molecule has 2 heterocycles. The highest BCUT2D eigenvalue weighted by molar-refractivity contribution is 6.06. The maximum absolute atomic E-state index is 12.9. The molecule has 1 N–H and O–H groups in total. The van der Waals surface area contributed by atoms with Gasteiger partial charge in [-0.05, 0) is 31.9 Å². The molecule has 0 saturated carbocycles. The number of nitrogens with one attached hydrogen (secondary N) is 1. The Kier molecular flexibility index (Phi) is 6.49. The van der Waals surface area contributed by atoms with Crippen molar-refractivity contribution in [3.63, 3.8) is 0 Å². The van der Waals surface area contributed by atoms with Gasteiger partial charge in [0, 0.05) is 31.6 Å². The molecule has 160 valence electrons. The highest BCUT2D eigenvalue weighted by atomic mass is 19.3. The first kappa shape index (κ1) is 21.5. The Morgan fingerprint density at radius 2 is 2.13 bits per heavy atom. The molecule has 0 unspecified atom stereocenters. The van der Waals surface area contributed by atoms with Crippen molar-refractivity contribution >= 4 is 11.6 Å². The van der Waals surface area contributed by atoms with Gasteiger partial charge in [0.25, 0.3) is 5.91 Å². The van der Waals surface area contributed by atoms with E-state index in [1.54, 1.807) is 49.2 Å². The summed E-state index contributed by atoms with van der Waals surface area (Å²) in [5, 5.41) is 6.91. The second-order valence-electron chi connectivity index (χ2n) is 7.12. The third kappa shape index (κ3) is 5.65. The van der Waals surface area contributed by atoms with Crippen molar-refractivity contribution in [2.75, 3.05) is 12.4 Å². The van der Waals surface area contributed by atoms with Crippen LogP contribution >= 0.6 is 0 Å². The van der Waals surface area contributed by atoms with E-state index in [4.69, 9.17) is 9.15 Å². The number of benzene rings is 1. The van der Waals surface area contributed by atoms with Crippen molar-refractivity contribution in [2.45, 2.75) is 45.6 Å². The van der Waals surface area contributed by atoms with E-state index in [1.807, 2.05) is 0 Å². The predicted octanol–water partition coefficient (Wildman–Crippen LogP) is 4.93. The van der Waals surface area contributed by atoms with Crippen LogP contribution in [0.3, 0.4) is 0 Å². The fourth-order valence-electron chi connectivity index (χ4n) is 2.99. The van der Waals surface area contributed by atoms with E-state index >= 15 is 0 Å². The monoisotopic (exact) mass is 418 g/mol. The Morgan fingerprint density at radius 3 is 2.87 bits per heavy atom. The number of hydrogen-bond acceptors (Lipinski definition) is 5. The quantitative estimate of drug-likeness (QED) is 0.498. The summed E-state index contributed by atoms with van der Waals surface area (Å²) in [7, 11) is 1.56. The fraction of sp³-hybridized carbons (Fsp3) is 0.381. The van der Waals surface area contributed by atoms with E-state index in [1.165, 1.54) is 6.20 Å². The van der Waals surface area contributed by atoms with E-state index in [2.05, 4.69) is 15.4 Å². The van der Waals surface area contributed by atoms with Gasteiger partial charge in [-0.2, -0.15) is 5.10 Å². The van der Waals surface area contributed by atoms with Crippen LogP contribution in [0.4, 0.5) is 14.5 Å². The van der Waals surface area contributed by atoms with Crippen LogP contribution in [0.1, 0.15) is 42.6 Å². The summed E-state index contributed by atoms with van der Waals surface area (Å²) >= 11 is 0. The average Bonchev–Trinajstić information content (AvgIpc) is 3.31. The standard InChI is InChI=1S/C21H24F2N4O3/c1-14-25-18(19(30-14)15-7-6-8-17(11-15)29-3)20(28)26-16-12-24-27(13-16)10-5-4-9-21(2,22)23/h6-8,11-13H,4-5,9-10H2,1-3H3,(H,26,28). The smallest absolute Gasteiger partial charge is 0.278 e. The van der Waals surface area contributed by atoms with Crippen molar-refractivity contribution in [1.82, 2.24) is 14.8 Å². The maximum atomic E-state index is 12.9. The number of aromatic nitrogens is 3. The molecule has 0 spiro atoms. The van der Waals surface area contributed by atoms with Gasteiger partial charge in [0.15, 0.2) is 17.3 Å². The molecule has 0 saturated heterocycles. The molecule has 0 atom stereocenters. The second-order valence-corrected chi connectivity index (χ2v) is 7.12. The first-order chi connectivity index (χ1) is 14.2. The lowest BCUT2D eigenvalue weighted by Gasteiger charge is -2.09. The number of unbranched alkanes of at least 4 members (excludes halogenated alkanes) is 1. The fourth-order valence-corrected chi connectivity index (χ4v) is 2.99. The van der Waals surface area contributed by atoms with Crippen LogP contribution in [-0.4, -0.2) is 33.7 Å². The van der Waals surface area contributed by atoms with Gasteiger partial charge in [0.05, 0.1) is 19.0 Å². The number of ether oxygens (including phenoxy) is 1. The molecule has 1 aromatic carbocycles. The molecule has 0 fully saturated rings. The summed E-state index contributed by atoms with van der Waals surface area (Å²) in [5.74, 6) is -1.75. The summed E-state index contributed by atoms with van der Waals surface area (Å²) < 4.78 is 38.2. The van der Waals surface area contributed by atoms with Gasteiger partial charge in [-0.3, -0.25) is 9.48 Å². The molecule has 30 heavy (non-hydrogen) atoms. The number of amides is 1. The molecule has 7 nitrogen and oxygen atoms in total. The molecule has 0 aliphatic heterocycles. The molecule has 0 radical (unpaired) electrons. The van der Waals surface area contributed by atoms with E-state index < -0.39 is 11.8 Å². The van der Waals surface area contributed by atoms with Gasteiger partial charge in [-0.15, -0.1) is 0 Å². The van der Waals surface area contributed by atoms with Gasteiger partial charge in [-0.25, -0.2) is 13.8 Å². The van der Waals surface area contributed by atoms with Crippen LogP contribution < -0.4 is 10.1 Å². The topological polar surface area (TPSA) is 82.2 Å². The third-order valence-electron chi connectivity index (χ3n) is 4.43. The lowest BCUT2D eigenvalue weighted by molar-refractivity contribution is 0.0102.